The summed E-state index contributed by atoms with van der Waals surface area (Å²) in [5, 5.41) is 7.50. The van der Waals surface area contributed by atoms with Crippen LogP contribution in [0.25, 0.3) is 11.5 Å². The molecule has 1 atom stereocenters. The van der Waals surface area contributed by atoms with Crippen molar-refractivity contribution in [2.24, 2.45) is 0 Å². The van der Waals surface area contributed by atoms with Gasteiger partial charge in [-0.1, -0.05) is 39.0 Å². The number of aryl methyl sites for hydroxylation is 2. The van der Waals surface area contributed by atoms with E-state index < -0.39 is 18.0 Å². The van der Waals surface area contributed by atoms with Gasteiger partial charge in [0.2, 0.25) is 0 Å². The molecule has 6 nitrogen and oxygen atoms in total. The van der Waals surface area contributed by atoms with E-state index in [1.807, 2.05) is 13.8 Å². The van der Waals surface area contributed by atoms with Crippen molar-refractivity contribution in [3.8, 4) is 11.5 Å². The Morgan fingerprint density at radius 3 is 2.60 bits per heavy atom. The summed E-state index contributed by atoms with van der Waals surface area (Å²) in [5.41, 5.74) is 9.20. The first-order chi connectivity index (χ1) is 14.0. The van der Waals surface area contributed by atoms with Gasteiger partial charge in [-0.25, -0.2) is 9.97 Å². The van der Waals surface area contributed by atoms with Gasteiger partial charge in [-0.3, -0.25) is 4.68 Å². The van der Waals surface area contributed by atoms with Crippen LogP contribution in [0.4, 0.5) is 24.8 Å². The summed E-state index contributed by atoms with van der Waals surface area (Å²) in [7, 11) is 0. The number of aromatic nitrogens is 4. The average molecular weight is 420 g/mol. The van der Waals surface area contributed by atoms with E-state index in [1.54, 1.807) is 6.07 Å². The van der Waals surface area contributed by atoms with Crippen LogP contribution in [0.15, 0.2) is 30.5 Å². The smallest absolute Gasteiger partial charge is 0.383 e. The Morgan fingerprint density at radius 2 is 2.00 bits per heavy atom. The van der Waals surface area contributed by atoms with E-state index in [0.29, 0.717) is 23.6 Å². The van der Waals surface area contributed by atoms with Crippen molar-refractivity contribution in [2.75, 3.05) is 11.1 Å². The van der Waals surface area contributed by atoms with Crippen LogP contribution in [0.3, 0.4) is 0 Å². The third kappa shape index (κ3) is 3.80. The monoisotopic (exact) mass is 420 g/mol. The standard InChI is InChI=1S/C21H27F3N6/c1-6-8-12(3)20(5)13(4)26-19-16(20)17(25)27-18(28-19)15-11-14(7-2)30(29-15)10-9-21(22,23)24/h11H,3-4,6-10H2,1-2,5H3,(H3,25,26,27,28). The van der Waals surface area contributed by atoms with Crippen LogP contribution in [0.5, 0.6) is 0 Å². The molecular weight excluding hydrogens is 393 g/mol. The van der Waals surface area contributed by atoms with Crippen molar-refractivity contribution >= 4 is 11.6 Å². The minimum atomic E-state index is -4.25. The number of nitrogen functional groups attached to an aromatic ring is 1. The van der Waals surface area contributed by atoms with Crippen molar-refractivity contribution < 1.29 is 13.2 Å². The number of rotatable bonds is 7. The van der Waals surface area contributed by atoms with Gasteiger partial charge in [0.15, 0.2) is 5.82 Å². The molecule has 1 aliphatic rings. The number of hydrogen-bond donors (Lipinski definition) is 2. The predicted molar refractivity (Wildman–Crippen MR) is 112 cm³/mol. The van der Waals surface area contributed by atoms with Crippen LogP contribution in [-0.4, -0.2) is 25.9 Å². The molecular formula is C21H27F3N6. The fraction of sp³-hybridized carbons (Fsp3) is 0.476. The molecule has 3 rings (SSSR count). The second kappa shape index (κ2) is 7.77. The highest BCUT2D eigenvalue weighted by Crippen LogP contribution is 2.49. The van der Waals surface area contributed by atoms with Crippen LogP contribution in [0, 0.1) is 0 Å². The lowest BCUT2D eigenvalue weighted by Gasteiger charge is -2.28. The molecule has 0 bridgehead atoms. The summed E-state index contributed by atoms with van der Waals surface area (Å²) in [4.78, 5) is 9.00. The van der Waals surface area contributed by atoms with E-state index >= 15 is 0 Å². The quantitative estimate of drug-likeness (QED) is 0.617. The Hall–Kier alpha value is -2.84. The molecule has 1 aliphatic heterocycles. The summed E-state index contributed by atoms with van der Waals surface area (Å²) in [6, 6.07) is 1.70. The maximum atomic E-state index is 12.6. The third-order valence-corrected chi connectivity index (χ3v) is 5.63. The normalized spacial score (nSPS) is 18.4. The first-order valence-electron chi connectivity index (χ1n) is 9.97. The van der Waals surface area contributed by atoms with Gasteiger partial charge in [0.25, 0.3) is 0 Å². The van der Waals surface area contributed by atoms with Gasteiger partial charge < -0.3 is 11.1 Å². The van der Waals surface area contributed by atoms with Gasteiger partial charge in [-0.15, -0.1) is 0 Å². The summed E-state index contributed by atoms with van der Waals surface area (Å²) in [6.45, 7) is 14.0. The Morgan fingerprint density at radius 1 is 1.30 bits per heavy atom. The molecule has 0 aliphatic carbocycles. The predicted octanol–water partition coefficient (Wildman–Crippen LogP) is 4.99. The molecule has 0 saturated heterocycles. The summed E-state index contributed by atoms with van der Waals surface area (Å²) >= 11 is 0. The van der Waals surface area contributed by atoms with Gasteiger partial charge in [0.05, 0.1) is 17.4 Å². The summed E-state index contributed by atoms with van der Waals surface area (Å²) in [6.07, 6.45) is -2.92. The number of allylic oxidation sites excluding steroid dienone is 1. The fourth-order valence-corrected chi connectivity index (χ4v) is 3.81. The van der Waals surface area contributed by atoms with Crippen LogP contribution in [0.1, 0.15) is 51.3 Å². The van der Waals surface area contributed by atoms with Crippen molar-refractivity contribution in [3.05, 3.63) is 41.8 Å². The largest absolute Gasteiger partial charge is 0.390 e. The Kier molecular flexibility index (Phi) is 5.66. The first kappa shape index (κ1) is 21.9. The Bertz CT molecular complexity index is 991. The highest BCUT2D eigenvalue weighted by atomic mass is 19.4. The number of fused-ring (bicyclic) bond motifs is 1. The topological polar surface area (TPSA) is 81.7 Å². The zero-order chi connectivity index (χ0) is 22.3. The van der Waals surface area contributed by atoms with Gasteiger partial charge in [-0.2, -0.15) is 18.3 Å². The summed E-state index contributed by atoms with van der Waals surface area (Å²) < 4.78 is 39.3. The van der Waals surface area contributed by atoms with Crippen LogP contribution in [-0.2, 0) is 18.4 Å². The van der Waals surface area contributed by atoms with E-state index in [1.165, 1.54) is 4.68 Å². The van der Waals surface area contributed by atoms with Gasteiger partial charge in [-0.05, 0) is 25.8 Å². The number of nitrogens with two attached hydrogens (primary N) is 1. The van der Waals surface area contributed by atoms with Crippen molar-refractivity contribution in [1.82, 2.24) is 19.7 Å². The van der Waals surface area contributed by atoms with Crippen LogP contribution >= 0.6 is 0 Å². The van der Waals surface area contributed by atoms with Gasteiger partial charge >= 0.3 is 6.18 Å². The molecule has 30 heavy (non-hydrogen) atoms. The Balaban J connectivity index is 2.00. The lowest BCUT2D eigenvalue weighted by atomic mass is 9.75. The zero-order valence-corrected chi connectivity index (χ0v) is 17.5. The number of hydrogen-bond acceptors (Lipinski definition) is 5. The molecule has 0 amide bonds. The number of nitrogens with one attached hydrogen (secondary N) is 1. The molecule has 0 aromatic carbocycles. The second-order valence-corrected chi connectivity index (χ2v) is 7.70. The molecule has 1 unspecified atom stereocenters. The molecule has 0 spiro atoms. The van der Waals surface area contributed by atoms with Crippen molar-refractivity contribution in [1.29, 1.82) is 0 Å². The van der Waals surface area contributed by atoms with E-state index in [4.69, 9.17) is 5.73 Å². The minimum Gasteiger partial charge on any atom is -0.383 e. The summed E-state index contributed by atoms with van der Waals surface area (Å²) in [5.74, 6) is 1.08. The first-order valence-corrected chi connectivity index (χ1v) is 9.97. The van der Waals surface area contributed by atoms with E-state index in [2.05, 4.69) is 40.5 Å². The second-order valence-electron chi connectivity index (χ2n) is 7.70. The van der Waals surface area contributed by atoms with E-state index in [-0.39, 0.29) is 18.2 Å². The minimum absolute atomic E-state index is 0.253. The molecule has 9 heteroatoms. The molecule has 3 heterocycles. The van der Waals surface area contributed by atoms with Crippen LogP contribution < -0.4 is 11.1 Å². The van der Waals surface area contributed by atoms with Crippen molar-refractivity contribution in [3.63, 3.8) is 0 Å². The average Bonchev–Trinajstić information content (AvgIpc) is 3.19. The van der Waals surface area contributed by atoms with E-state index in [9.17, 15) is 13.2 Å². The zero-order valence-electron chi connectivity index (χ0n) is 17.5. The number of alkyl halides is 3. The maximum absolute atomic E-state index is 12.6. The number of anilines is 2. The third-order valence-electron chi connectivity index (χ3n) is 5.63. The molecule has 0 saturated carbocycles. The van der Waals surface area contributed by atoms with Crippen LogP contribution in [0.2, 0.25) is 0 Å². The molecule has 2 aromatic rings. The SMILES string of the molecule is C=C(CCC)C1(C)C(=C)Nc2nc(-c3cc(CC)n(CCC(F)(F)F)n3)nc(N)c21. The van der Waals surface area contributed by atoms with E-state index in [0.717, 1.165) is 29.7 Å². The van der Waals surface area contributed by atoms with Gasteiger partial charge in [0, 0.05) is 17.9 Å². The lowest BCUT2D eigenvalue weighted by molar-refractivity contribution is -0.137. The Labute approximate surface area is 174 Å². The molecule has 0 fully saturated rings. The molecule has 2 aromatic heterocycles. The molecule has 0 radical (unpaired) electrons. The highest BCUT2D eigenvalue weighted by Gasteiger charge is 2.43. The number of halogens is 3. The molecule has 162 valence electrons. The number of nitrogens with zero attached hydrogens (tertiary/aromatic N) is 4. The maximum Gasteiger partial charge on any atom is 0.390 e. The fourth-order valence-electron chi connectivity index (χ4n) is 3.81. The lowest BCUT2D eigenvalue weighted by Crippen LogP contribution is -2.25. The highest BCUT2D eigenvalue weighted by molar-refractivity contribution is 5.75. The van der Waals surface area contributed by atoms with Crippen molar-refractivity contribution in [2.45, 2.75) is 64.6 Å². The van der Waals surface area contributed by atoms with Gasteiger partial charge in [0.1, 0.15) is 17.3 Å². The molecule has 3 N–H and O–H groups in total.